The van der Waals surface area contributed by atoms with E-state index in [9.17, 15) is 5.11 Å². The Morgan fingerprint density at radius 2 is 2.00 bits per heavy atom. The molecule has 3 rings (SSSR count). The largest absolute Gasteiger partial charge is 0.392 e. The van der Waals surface area contributed by atoms with E-state index in [2.05, 4.69) is 15.0 Å². The lowest BCUT2D eigenvalue weighted by Gasteiger charge is -2.18. The lowest BCUT2D eigenvalue weighted by Crippen LogP contribution is -2.30. The maximum atomic E-state index is 9.94. The summed E-state index contributed by atoms with van der Waals surface area (Å²) in [6.45, 7) is 1.35. The van der Waals surface area contributed by atoms with Crippen LogP contribution in [-0.2, 0) is 6.54 Å². The minimum atomic E-state index is -0.204. The lowest BCUT2D eigenvalue weighted by atomic mass is 9.89. The summed E-state index contributed by atoms with van der Waals surface area (Å²) in [6, 6.07) is 0. The molecular formula is C15H25N3O2. The fraction of sp³-hybridized carbons (Fsp3) is 0.867. The number of nitrogens with zero attached hydrogens (tertiary/aromatic N) is 3. The summed E-state index contributed by atoms with van der Waals surface area (Å²) < 4.78 is 5.42. The molecule has 1 unspecified atom stereocenters. The predicted octanol–water partition coefficient (Wildman–Crippen LogP) is 2.32. The van der Waals surface area contributed by atoms with Gasteiger partial charge in [0.1, 0.15) is 0 Å². The van der Waals surface area contributed by atoms with Gasteiger partial charge in [0.25, 0.3) is 0 Å². The van der Waals surface area contributed by atoms with Gasteiger partial charge in [-0.3, -0.25) is 4.90 Å². The minimum absolute atomic E-state index is 0.204. The molecule has 0 radical (unpaired) electrons. The topological polar surface area (TPSA) is 62.4 Å². The Balaban J connectivity index is 1.50. The summed E-state index contributed by atoms with van der Waals surface area (Å²) in [5.41, 5.74) is 0. The maximum Gasteiger partial charge on any atom is 0.229 e. The van der Waals surface area contributed by atoms with Crippen molar-refractivity contribution in [2.24, 2.45) is 5.92 Å². The van der Waals surface area contributed by atoms with Gasteiger partial charge >= 0.3 is 0 Å². The van der Waals surface area contributed by atoms with Gasteiger partial charge in [-0.1, -0.05) is 24.4 Å². The summed E-state index contributed by atoms with van der Waals surface area (Å²) in [5, 5.41) is 14.0. The summed E-state index contributed by atoms with van der Waals surface area (Å²) in [5.74, 6) is 2.54. The van der Waals surface area contributed by atoms with Crippen LogP contribution in [0.4, 0.5) is 0 Å². The molecule has 0 aliphatic heterocycles. The first-order valence-corrected chi connectivity index (χ1v) is 7.91. The van der Waals surface area contributed by atoms with Crippen molar-refractivity contribution in [1.82, 2.24) is 15.0 Å². The van der Waals surface area contributed by atoms with Crippen LogP contribution < -0.4 is 0 Å². The highest BCUT2D eigenvalue weighted by molar-refractivity contribution is 4.95. The molecule has 0 bridgehead atoms. The van der Waals surface area contributed by atoms with Crippen LogP contribution in [0.15, 0.2) is 4.52 Å². The fourth-order valence-corrected chi connectivity index (χ4v) is 3.10. The average Bonchev–Trinajstić information content (AvgIpc) is 3.21. The number of hydrogen-bond acceptors (Lipinski definition) is 5. The molecule has 5 nitrogen and oxygen atoms in total. The SMILES string of the molecule is CN(Cc1noc(C2CCCCC2)n1)CC(O)C1CC1. The highest BCUT2D eigenvalue weighted by atomic mass is 16.5. The van der Waals surface area contributed by atoms with Crippen LogP contribution in [-0.4, -0.2) is 39.8 Å². The van der Waals surface area contributed by atoms with E-state index < -0.39 is 0 Å². The number of aliphatic hydroxyl groups excluding tert-OH is 1. The Labute approximate surface area is 120 Å². The highest BCUT2D eigenvalue weighted by Crippen LogP contribution is 2.33. The fourth-order valence-electron chi connectivity index (χ4n) is 3.10. The molecule has 2 fully saturated rings. The van der Waals surface area contributed by atoms with Crippen LogP contribution in [0, 0.1) is 5.92 Å². The zero-order valence-electron chi connectivity index (χ0n) is 12.3. The molecule has 1 aromatic rings. The van der Waals surface area contributed by atoms with Crippen molar-refractivity contribution in [1.29, 1.82) is 0 Å². The zero-order chi connectivity index (χ0) is 13.9. The van der Waals surface area contributed by atoms with Crippen molar-refractivity contribution in [3.8, 4) is 0 Å². The molecule has 1 heterocycles. The summed E-state index contributed by atoms with van der Waals surface area (Å²) >= 11 is 0. The molecule has 5 heteroatoms. The third-order valence-corrected chi connectivity index (χ3v) is 4.51. The Bertz CT molecular complexity index is 425. The zero-order valence-corrected chi connectivity index (χ0v) is 12.3. The van der Waals surface area contributed by atoms with E-state index in [0.29, 0.717) is 24.9 Å². The normalized spacial score (nSPS) is 22.4. The summed E-state index contributed by atoms with van der Waals surface area (Å²) in [7, 11) is 2.00. The number of likely N-dealkylation sites (N-methyl/N-ethyl adjacent to an activating group) is 1. The van der Waals surface area contributed by atoms with E-state index in [1.54, 1.807) is 0 Å². The molecule has 0 aromatic carbocycles. The van der Waals surface area contributed by atoms with E-state index in [4.69, 9.17) is 4.52 Å². The van der Waals surface area contributed by atoms with Crippen molar-refractivity contribution in [3.05, 3.63) is 11.7 Å². The molecular weight excluding hydrogens is 254 g/mol. The number of aromatic nitrogens is 2. The quantitative estimate of drug-likeness (QED) is 0.866. The third-order valence-electron chi connectivity index (χ3n) is 4.51. The second-order valence-corrected chi connectivity index (χ2v) is 6.49. The lowest BCUT2D eigenvalue weighted by molar-refractivity contribution is 0.103. The van der Waals surface area contributed by atoms with Gasteiger partial charge in [0.2, 0.25) is 5.89 Å². The number of aliphatic hydroxyl groups is 1. The first-order valence-electron chi connectivity index (χ1n) is 7.91. The second-order valence-electron chi connectivity index (χ2n) is 6.49. The van der Waals surface area contributed by atoms with Crippen molar-refractivity contribution in [2.45, 2.75) is 63.5 Å². The molecule has 2 aliphatic carbocycles. The predicted molar refractivity (Wildman–Crippen MR) is 75.2 cm³/mol. The van der Waals surface area contributed by atoms with Crippen molar-refractivity contribution >= 4 is 0 Å². The molecule has 2 saturated carbocycles. The highest BCUT2D eigenvalue weighted by Gasteiger charge is 2.30. The monoisotopic (exact) mass is 279 g/mol. The number of hydrogen-bond donors (Lipinski definition) is 1. The van der Waals surface area contributed by atoms with Crippen molar-refractivity contribution in [3.63, 3.8) is 0 Å². The van der Waals surface area contributed by atoms with E-state index in [1.807, 2.05) is 7.05 Å². The van der Waals surface area contributed by atoms with Crippen molar-refractivity contribution < 1.29 is 9.63 Å². The smallest absolute Gasteiger partial charge is 0.229 e. The standard InChI is InChI=1S/C15H25N3O2/c1-18(9-13(19)11-7-8-11)10-14-16-15(20-17-14)12-5-3-2-4-6-12/h11-13,19H,2-10H2,1H3. The minimum Gasteiger partial charge on any atom is -0.392 e. The first-order chi connectivity index (χ1) is 9.72. The van der Waals surface area contributed by atoms with E-state index >= 15 is 0 Å². The Morgan fingerprint density at radius 3 is 2.70 bits per heavy atom. The molecule has 1 aromatic heterocycles. The molecule has 0 saturated heterocycles. The first kappa shape index (κ1) is 14.0. The molecule has 0 amide bonds. The molecule has 1 atom stereocenters. The Kier molecular flexibility index (Phi) is 4.36. The van der Waals surface area contributed by atoms with Gasteiger partial charge in [-0.25, -0.2) is 0 Å². The molecule has 0 spiro atoms. The second kappa shape index (κ2) is 6.22. The van der Waals surface area contributed by atoms with Crippen LogP contribution in [0.1, 0.15) is 62.6 Å². The van der Waals surface area contributed by atoms with Gasteiger partial charge in [-0.2, -0.15) is 4.98 Å². The van der Waals surface area contributed by atoms with E-state index in [0.717, 1.165) is 11.7 Å². The van der Waals surface area contributed by atoms with E-state index in [1.165, 1.54) is 44.9 Å². The van der Waals surface area contributed by atoms with Gasteiger partial charge in [0.15, 0.2) is 5.82 Å². The van der Waals surface area contributed by atoms with Crippen LogP contribution in [0.25, 0.3) is 0 Å². The number of rotatable bonds is 6. The van der Waals surface area contributed by atoms with Crippen molar-refractivity contribution in [2.75, 3.05) is 13.6 Å². The van der Waals surface area contributed by atoms with Crippen LogP contribution in [0.2, 0.25) is 0 Å². The van der Waals surface area contributed by atoms with Gasteiger partial charge in [0, 0.05) is 12.5 Å². The molecule has 112 valence electrons. The molecule has 20 heavy (non-hydrogen) atoms. The summed E-state index contributed by atoms with van der Waals surface area (Å²) in [6.07, 6.45) is 8.37. The van der Waals surface area contributed by atoms with Gasteiger partial charge in [-0.15, -0.1) is 0 Å². The van der Waals surface area contributed by atoms with Crippen LogP contribution in [0.3, 0.4) is 0 Å². The van der Waals surface area contributed by atoms with Crippen LogP contribution in [0.5, 0.6) is 0 Å². The Hall–Kier alpha value is -0.940. The van der Waals surface area contributed by atoms with E-state index in [-0.39, 0.29) is 6.10 Å². The van der Waals surface area contributed by atoms with Gasteiger partial charge in [0.05, 0.1) is 12.6 Å². The van der Waals surface area contributed by atoms with Gasteiger partial charge < -0.3 is 9.63 Å². The average molecular weight is 279 g/mol. The molecule has 1 N–H and O–H groups in total. The third kappa shape index (κ3) is 3.58. The van der Waals surface area contributed by atoms with Crippen LogP contribution >= 0.6 is 0 Å². The Morgan fingerprint density at radius 1 is 1.25 bits per heavy atom. The maximum absolute atomic E-state index is 9.94. The summed E-state index contributed by atoms with van der Waals surface area (Å²) in [4.78, 5) is 6.62. The molecule has 2 aliphatic rings. The van der Waals surface area contributed by atoms with Gasteiger partial charge in [-0.05, 0) is 38.6 Å².